The van der Waals surface area contributed by atoms with E-state index in [1.165, 1.54) is 10.9 Å². The molecule has 8 heteroatoms. The molecule has 21 heavy (non-hydrogen) atoms. The van der Waals surface area contributed by atoms with E-state index >= 15 is 0 Å². The lowest BCUT2D eigenvalue weighted by Gasteiger charge is -2.14. The maximum atomic E-state index is 10.5. The summed E-state index contributed by atoms with van der Waals surface area (Å²) in [5.41, 5.74) is 1.69. The third kappa shape index (κ3) is 4.17. The predicted molar refractivity (Wildman–Crippen MR) is 79.6 cm³/mol. The lowest BCUT2D eigenvalue weighted by molar-refractivity contribution is -0.385. The minimum absolute atomic E-state index is 0.100. The molecule has 2 aromatic rings. The van der Waals surface area contributed by atoms with Gasteiger partial charge >= 0.3 is 5.69 Å². The number of hydrogen-bond acceptors (Lipinski definition) is 5. The fraction of sp³-hybridized carbons (Fsp3) is 0.308. The molecule has 1 aromatic carbocycles. The van der Waals surface area contributed by atoms with Crippen LogP contribution in [0.15, 0.2) is 30.6 Å². The Morgan fingerprint density at radius 2 is 2.33 bits per heavy atom. The first-order valence-electron chi connectivity index (χ1n) is 6.30. The molecule has 0 fully saturated rings. The summed E-state index contributed by atoms with van der Waals surface area (Å²) in [7, 11) is 0. The Balaban J connectivity index is 1.90. The molecule has 2 N–H and O–H groups in total. The Bertz CT molecular complexity index is 644. The zero-order chi connectivity index (χ0) is 15.4. The average Bonchev–Trinajstić information content (AvgIpc) is 2.88. The van der Waals surface area contributed by atoms with Gasteiger partial charge in [0, 0.05) is 6.54 Å². The maximum absolute atomic E-state index is 10.5. The van der Waals surface area contributed by atoms with Crippen LogP contribution in [0.5, 0.6) is 0 Å². The predicted octanol–water partition coefficient (Wildman–Crippen LogP) is 2.23. The number of halogens is 1. The normalized spacial score (nSPS) is 12.1. The Morgan fingerprint density at radius 3 is 3.00 bits per heavy atom. The van der Waals surface area contributed by atoms with Gasteiger partial charge in [-0.15, -0.1) is 0 Å². The molecular weight excluding hydrogens is 296 g/mol. The van der Waals surface area contributed by atoms with Crippen molar-refractivity contribution in [2.24, 2.45) is 0 Å². The molecule has 2 rings (SSSR count). The van der Waals surface area contributed by atoms with E-state index in [-0.39, 0.29) is 18.8 Å². The zero-order valence-corrected chi connectivity index (χ0v) is 12.1. The molecule has 0 amide bonds. The summed E-state index contributed by atoms with van der Waals surface area (Å²) in [6.07, 6.45) is 1.68. The van der Waals surface area contributed by atoms with Gasteiger partial charge in [-0.25, -0.2) is 0 Å². The molecule has 0 saturated carbocycles. The molecule has 112 valence electrons. The van der Waals surface area contributed by atoms with Crippen molar-refractivity contribution in [3.8, 4) is 0 Å². The van der Waals surface area contributed by atoms with Crippen molar-refractivity contribution in [3.05, 3.63) is 51.3 Å². The van der Waals surface area contributed by atoms with Crippen LogP contribution in [0.2, 0.25) is 5.02 Å². The van der Waals surface area contributed by atoms with Gasteiger partial charge in [-0.3, -0.25) is 14.8 Å². The number of anilines is 1. The van der Waals surface area contributed by atoms with Crippen LogP contribution < -0.4 is 5.32 Å². The fourth-order valence-corrected chi connectivity index (χ4v) is 2.01. The van der Waals surface area contributed by atoms with E-state index in [0.29, 0.717) is 5.02 Å². The van der Waals surface area contributed by atoms with Crippen LogP contribution in [0.1, 0.15) is 5.56 Å². The molecule has 0 aliphatic carbocycles. The molecule has 1 atom stereocenters. The summed E-state index contributed by atoms with van der Waals surface area (Å²) in [5, 5.41) is 27.9. The molecular formula is C13H15ClN4O3. The van der Waals surface area contributed by atoms with E-state index in [4.69, 9.17) is 11.6 Å². The molecule has 0 spiro atoms. The quantitative estimate of drug-likeness (QED) is 0.630. The number of aliphatic hydroxyl groups excluding tert-OH is 1. The second-order valence-electron chi connectivity index (χ2n) is 4.70. The number of hydrogen-bond donors (Lipinski definition) is 2. The Labute approximate surface area is 126 Å². The third-order valence-electron chi connectivity index (χ3n) is 2.88. The lowest BCUT2D eigenvalue weighted by Crippen LogP contribution is -2.25. The molecule has 0 saturated heterocycles. The number of nitrogens with one attached hydrogen (secondary N) is 1. The molecule has 1 heterocycles. The number of benzene rings is 1. The highest BCUT2D eigenvalue weighted by Crippen LogP contribution is 2.22. The number of nitro groups is 1. The number of nitrogens with zero attached hydrogens (tertiary/aromatic N) is 3. The molecule has 0 aliphatic rings. The molecule has 1 unspecified atom stereocenters. The van der Waals surface area contributed by atoms with Gasteiger partial charge in [-0.1, -0.05) is 17.7 Å². The van der Waals surface area contributed by atoms with Crippen LogP contribution in [-0.4, -0.2) is 32.5 Å². The smallest absolute Gasteiger partial charge is 0.306 e. The van der Waals surface area contributed by atoms with Gasteiger partial charge in [0.05, 0.1) is 28.3 Å². The first-order valence-corrected chi connectivity index (χ1v) is 6.68. The first-order chi connectivity index (χ1) is 9.95. The van der Waals surface area contributed by atoms with E-state index in [1.54, 1.807) is 6.07 Å². The van der Waals surface area contributed by atoms with Gasteiger partial charge in [0.1, 0.15) is 12.4 Å². The summed E-state index contributed by atoms with van der Waals surface area (Å²) in [4.78, 5) is 10.0. The van der Waals surface area contributed by atoms with Gasteiger partial charge < -0.3 is 10.4 Å². The van der Waals surface area contributed by atoms with E-state index in [9.17, 15) is 15.2 Å². The van der Waals surface area contributed by atoms with E-state index in [2.05, 4.69) is 10.4 Å². The number of aliphatic hydroxyl groups is 1. The van der Waals surface area contributed by atoms with Crippen LogP contribution >= 0.6 is 11.6 Å². The van der Waals surface area contributed by atoms with E-state index in [1.807, 2.05) is 19.1 Å². The third-order valence-corrected chi connectivity index (χ3v) is 3.21. The van der Waals surface area contributed by atoms with Crippen LogP contribution in [0.4, 0.5) is 11.4 Å². The standard InChI is InChI=1S/C13H15ClN4O3/c1-9-2-3-12(14)13(4-9)15-6-11(19)8-17-7-10(5-16-17)18(20)21/h2-5,7,11,15,19H,6,8H2,1H3. The summed E-state index contributed by atoms with van der Waals surface area (Å²) < 4.78 is 1.34. The van der Waals surface area contributed by atoms with Crippen molar-refractivity contribution in [2.75, 3.05) is 11.9 Å². The van der Waals surface area contributed by atoms with Gasteiger partial charge in [-0.2, -0.15) is 5.10 Å². The average molecular weight is 311 g/mol. The summed E-state index contributed by atoms with van der Waals surface area (Å²) in [6, 6.07) is 5.56. The van der Waals surface area contributed by atoms with Crippen molar-refractivity contribution in [2.45, 2.75) is 19.6 Å². The minimum atomic E-state index is -0.749. The van der Waals surface area contributed by atoms with E-state index in [0.717, 1.165) is 17.4 Å². The Morgan fingerprint density at radius 1 is 1.57 bits per heavy atom. The molecule has 0 radical (unpaired) electrons. The number of aryl methyl sites for hydroxylation is 1. The highest BCUT2D eigenvalue weighted by molar-refractivity contribution is 6.33. The lowest BCUT2D eigenvalue weighted by atomic mass is 10.2. The van der Waals surface area contributed by atoms with Crippen LogP contribution in [0.25, 0.3) is 0 Å². The van der Waals surface area contributed by atoms with Gasteiger partial charge in [0.25, 0.3) is 0 Å². The number of rotatable bonds is 6. The highest BCUT2D eigenvalue weighted by atomic mass is 35.5. The van der Waals surface area contributed by atoms with Crippen molar-refractivity contribution >= 4 is 23.0 Å². The fourth-order valence-electron chi connectivity index (χ4n) is 1.83. The summed E-state index contributed by atoms with van der Waals surface area (Å²) in [5.74, 6) is 0. The zero-order valence-electron chi connectivity index (χ0n) is 11.4. The van der Waals surface area contributed by atoms with Crippen molar-refractivity contribution < 1.29 is 10.0 Å². The Kier molecular flexibility index (Phi) is 4.77. The van der Waals surface area contributed by atoms with E-state index < -0.39 is 11.0 Å². The van der Waals surface area contributed by atoms with Gasteiger partial charge in [-0.05, 0) is 24.6 Å². The second-order valence-corrected chi connectivity index (χ2v) is 5.10. The van der Waals surface area contributed by atoms with Gasteiger partial charge in [0.2, 0.25) is 0 Å². The van der Waals surface area contributed by atoms with Crippen LogP contribution in [0, 0.1) is 17.0 Å². The summed E-state index contributed by atoms with van der Waals surface area (Å²) in [6.45, 7) is 2.36. The topological polar surface area (TPSA) is 93.2 Å². The maximum Gasteiger partial charge on any atom is 0.306 e. The highest BCUT2D eigenvalue weighted by Gasteiger charge is 2.12. The first kappa shape index (κ1) is 15.3. The van der Waals surface area contributed by atoms with Crippen molar-refractivity contribution in [1.82, 2.24) is 9.78 Å². The monoisotopic (exact) mass is 310 g/mol. The SMILES string of the molecule is Cc1ccc(Cl)c(NCC(O)Cn2cc([N+](=O)[O-])cn2)c1. The number of aromatic nitrogens is 2. The van der Waals surface area contributed by atoms with Crippen LogP contribution in [0.3, 0.4) is 0 Å². The minimum Gasteiger partial charge on any atom is -0.389 e. The largest absolute Gasteiger partial charge is 0.389 e. The Hall–Kier alpha value is -2.12. The van der Waals surface area contributed by atoms with Crippen molar-refractivity contribution in [3.63, 3.8) is 0 Å². The second kappa shape index (κ2) is 6.55. The summed E-state index contributed by atoms with van der Waals surface area (Å²) >= 11 is 6.04. The molecule has 0 aliphatic heterocycles. The molecule has 0 bridgehead atoms. The molecule has 1 aromatic heterocycles. The molecule has 7 nitrogen and oxygen atoms in total. The van der Waals surface area contributed by atoms with Crippen molar-refractivity contribution in [1.29, 1.82) is 0 Å². The van der Waals surface area contributed by atoms with Gasteiger partial charge in [0.15, 0.2) is 0 Å². The van der Waals surface area contributed by atoms with Crippen LogP contribution in [-0.2, 0) is 6.54 Å².